The van der Waals surface area contributed by atoms with E-state index in [2.05, 4.69) is 35.5 Å². The molecular weight excluding hydrogens is 793 g/mol. The summed E-state index contributed by atoms with van der Waals surface area (Å²) in [5.74, 6) is -0.247. The zero-order valence-corrected chi connectivity index (χ0v) is 33.7. The van der Waals surface area contributed by atoms with Crippen LogP contribution < -0.4 is 25.2 Å². The van der Waals surface area contributed by atoms with Gasteiger partial charge >= 0.3 is 0 Å². The third-order valence-electron chi connectivity index (χ3n) is 13.1. The summed E-state index contributed by atoms with van der Waals surface area (Å²) in [7, 11) is 0. The number of anilines is 2. The number of benzene rings is 2. The number of rotatable bonds is 9. The predicted octanol–water partition coefficient (Wildman–Crippen LogP) is 4.63. The van der Waals surface area contributed by atoms with E-state index in [1.807, 2.05) is 11.0 Å². The highest BCUT2D eigenvalue weighted by molar-refractivity contribution is 6.33. The monoisotopic (exact) mass is 837 g/mol. The second kappa shape index (κ2) is 16.4. The number of nitrogens with zero attached hydrogens (tertiary/aromatic N) is 7. The number of fused-ring (bicyclic) bond motifs is 2. The second-order valence-corrected chi connectivity index (χ2v) is 17.3. The minimum Gasteiger partial charge on any atom is -0.490 e. The molecule has 2 unspecified atom stereocenters. The molecule has 17 heteroatoms. The maximum atomic E-state index is 15.5. The maximum absolute atomic E-state index is 15.5. The van der Waals surface area contributed by atoms with Crippen LogP contribution in [0.2, 0.25) is 5.02 Å². The molecular formula is C43H45ClFN9O6. The number of hydrogen-bond donors (Lipinski definition) is 2. The molecule has 5 heterocycles. The molecule has 1 aromatic heterocycles. The van der Waals surface area contributed by atoms with Crippen molar-refractivity contribution in [2.24, 2.45) is 17.8 Å². The third kappa shape index (κ3) is 7.88. The molecule has 4 atom stereocenters. The van der Waals surface area contributed by atoms with Gasteiger partial charge in [0.25, 0.3) is 17.7 Å². The van der Waals surface area contributed by atoms with Crippen LogP contribution in [0.15, 0.2) is 42.5 Å². The lowest BCUT2D eigenvalue weighted by Crippen LogP contribution is -2.54. The van der Waals surface area contributed by atoms with E-state index in [1.54, 1.807) is 24.3 Å². The summed E-state index contributed by atoms with van der Waals surface area (Å²) >= 11 is 6.16. The molecule has 15 nitrogen and oxygen atoms in total. The van der Waals surface area contributed by atoms with Gasteiger partial charge in [-0.05, 0) is 99.1 Å². The van der Waals surface area contributed by atoms with Gasteiger partial charge in [-0.1, -0.05) is 17.7 Å². The van der Waals surface area contributed by atoms with Crippen LogP contribution in [-0.4, -0.2) is 114 Å². The number of aromatic nitrogens is 2. The quantitative estimate of drug-likeness (QED) is 0.229. The molecule has 0 bridgehead atoms. The van der Waals surface area contributed by atoms with Crippen molar-refractivity contribution in [3.63, 3.8) is 0 Å². The van der Waals surface area contributed by atoms with Gasteiger partial charge in [0.15, 0.2) is 11.5 Å². The van der Waals surface area contributed by atoms with Gasteiger partial charge in [-0.3, -0.25) is 39.1 Å². The van der Waals surface area contributed by atoms with Crippen molar-refractivity contribution in [3.05, 3.63) is 81.5 Å². The number of imide groups is 2. The molecule has 0 radical (unpaired) electrons. The Balaban J connectivity index is 0.709. The summed E-state index contributed by atoms with van der Waals surface area (Å²) in [6.07, 6.45) is 5.44. The van der Waals surface area contributed by atoms with Gasteiger partial charge in [0.2, 0.25) is 17.5 Å². The molecule has 6 aliphatic rings. The van der Waals surface area contributed by atoms with Crippen molar-refractivity contribution in [3.8, 4) is 5.75 Å². The zero-order chi connectivity index (χ0) is 41.7. The second-order valence-electron chi connectivity index (χ2n) is 16.9. The zero-order valence-electron chi connectivity index (χ0n) is 32.9. The first-order valence-electron chi connectivity index (χ1n) is 20.8. The lowest BCUT2D eigenvalue weighted by Gasteiger charge is -2.37. The molecule has 3 saturated heterocycles. The Morgan fingerprint density at radius 3 is 2.27 bits per heavy atom. The topological polar surface area (TPSA) is 162 Å². The predicted molar refractivity (Wildman–Crippen MR) is 218 cm³/mol. The molecule has 2 aliphatic carbocycles. The Kier molecular flexibility index (Phi) is 10.9. The normalized spacial score (nSPS) is 26.8. The molecule has 2 saturated carbocycles. The van der Waals surface area contributed by atoms with Crippen molar-refractivity contribution in [2.45, 2.75) is 69.6 Å². The van der Waals surface area contributed by atoms with E-state index >= 15 is 4.39 Å². The van der Waals surface area contributed by atoms with Crippen molar-refractivity contribution in [2.75, 3.05) is 55.6 Å². The van der Waals surface area contributed by atoms with Crippen molar-refractivity contribution < 1.29 is 33.1 Å². The van der Waals surface area contributed by atoms with E-state index in [0.717, 1.165) is 88.0 Å². The minimum absolute atomic E-state index is 0.0163. The SMILES string of the molecule is [C-]#[N+]c1ccc(OC2CCC(NC(=O)c3ccc(N4C[C@H]5CC(CN6CCN(c7cc8c(cc7F)C(=O)N(C7CCC(=O)NC7=O)C8=O)CC6)C[C@H]5C4)nn3)CC2)cc1Cl. The number of hydrogen-bond acceptors (Lipinski definition) is 11. The highest BCUT2D eigenvalue weighted by Gasteiger charge is 2.46. The first-order valence-corrected chi connectivity index (χ1v) is 21.1. The van der Waals surface area contributed by atoms with Crippen molar-refractivity contribution >= 4 is 58.3 Å². The molecule has 5 fully saturated rings. The Bertz CT molecular complexity index is 2260. The fourth-order valence-electron chi connectivity index (χ4n) is 10.1. The van der Waals surface area contributed by atoms with Crippen LogP contribution in [0.25, 0.3) is 4.85 Å². The van der Waals surface area contributed by atoms with Crippen LogP contribution in [0, 0.1) is 30.1 Å². The number of piperidine rings is 1. The Morgan fingerprint density at radius 2 is 1.62 bits per heavy atom. The van der Waals surface area contributed by atoms with Crippen LogP contribution in [0.1, 0.15) is 82.6 Å². The number of amides is 5. The van der Waals surface area contributed by atoms with Gasteiger partial charge in [-0.2, -0.15) is 0 Å². The Morgan fingerprint density at radius 1 is 0.900 bits per heavy atom. The van der Waals surface area contributed by atoms with E-state index < -0.39 is 35.5 Å². The van der Waals surface area contributed by atoms with Gasteiger partial charge in [0.05, 0.1) is 34.5 Å². The van der Waals surface area contributed by atoms with Gasteiger partial charge in [-0.15, -0.1) is 10.2 Å². The number of nitrogens with one attached hydrogen (secondary N) is 2. The molecule has 0 spiro atoms. The smallest absolute Gasteiger partial charge is 0.272 e. The van der Waals surface area contributed by atoms with E-state index in [4.69, 9.17) is 22.9 Å². The molecule has 60 heavy (non-hydrogen) atoms. The van der Waals surface area contributed by atoms with Crippen LogP contribution in [-0.2, 0) is 9.59 Å². The molecule has 3 aromatic rings. The summed E-state index contributed by atoms with van der Waals surface area (Å²) < 4.78 is 21.6. The lowest BCUT2D eigenvalue weighted by molar-refractivity contribution is -0.136. The van der Waals surface area contributed by atoms with E-state index in [1.165, 1.54) is 6.07 Å². The van der Waals surface area contributed by atoms with Gasteiger partial charge in [0, 0.05) is 58.3 Å². The fraction of sp³-hybridized carbons (Fsp3) is 0.488. The first kappa shape index (κ1) is 39.8. The molecule has 2 N–H and O–H groups in total. The average Bonchev–Trinajstić information content (AvgIpc) is 3.88. The minimum atomic E-state index is -1.10. The molecule has 312 valence electrons. The summed E-state index contributed by atoms with van der Waals surface area (Å²) in [6.45, 7) is 12.5. The van der Waals surface area contributed by atoms with Crippen molar-refractivity contribution in [1.82, 2.24) is 30.6 Å². The van der Waals surface area contributed by atoms with Gasteiger partial charge in [-0.25, -0.2) is 9.24 Å². The summed E-state index contributed by atoms with van der Waals surface area (Å²) in [4.78, 5) is 74.4. The van der Waals surface area contributed by atoms with Crippen LogP contribution in [0.4, 0.5) is 21.6 Å². The summed E-state index contributed by atoms with van der Waals surface area (Å²) in [5.41, 5.74) is 0.977. The Labute approximate surface area is 351 Å². The van der Waals surface area contributed by atoms with Gasteiger partial charge in [0.1, 0.15) is 17.6 Å². The molecule has 4 aliphatic heterocycles. The fourth-order valence-corrected chi connectivity index (χ4v) is 10.3. The number of carbonyl (C=O) groups excluding carboxylic acids is 5. The summed E-state index contributed by atoms with van der Waals surface area (Å²) in [5, 5.41) is 14.4. The van der Waals surface area contributed by atoms with Crippen LogP contribution in [0.3, 0.4) is 0 Å². The van der Waals surface area contributed by atoms with Gasteiger partial charge < -0.3 is 19.9 Å². The van der Waals surface area contributed by atoms with E-state index in [9.17, 15) is 24.0 Å². The maximum Gasteiger partial charge on any atom is 0.272 e. The van der Waals surface area contributed by atoms with Crippen LogP contribution in [0.5, 0.6) is 5.75 Å². The number of ether oxygens (including phenoxy) is 1. The highest BCUT2D eigenvalue weighted by Crippen LogP contribution is 2.43. The molecule has 5 amide bonds. The lowest BCUT2D eigenvalue weighted by atomic mass is 9.93. The first-order chi connectivity index (χ1) is 29.0. The third-order valence-corrected chi connectivity index (χ3v) is 13.4. The van der Waals surface area contributed by atoms with E-state index in [0.29, 0.717) is 53.0 Å². The summed E-state index contributed by atoms with van der Waals surface area (Å²) in [6, 6.07) is 10.2. The highest BCUT2D eigenvalue weighted by atomic mass is 35.5. The average molecular weight is 838 g/mol. The molecule has 9 rings (SSSR count). The Hall–Kier alpha value is -5.66. The number of piperazine rings is 1. The van der Waals surface area contributed by atoms with Crippen molar-refractivity contribution in [1.29, 1.82) is 0 Å². The number of carbonyl (C=O) groups is 5. The van der Waals surface area contributed by atoms with Crippen LogP contribution >= 0.6 is 11.6 Å². The van der Waals surface area contributed by atoms with E-state index in [-0.39, 0.29) is 47.7 Å². The largest absolute Gasteiger partial charge is 0.490 e. The standard InChI is InChI=1S/C43H45ClFN9O6/c1-46-34-7-6-29(18-32(34)44)60-28-4-2-27(3-5-28)47-40(56)35-8-10-38(50-49-35)53-22-25-16-24(17-26(25)23-53)21-51-12-14-52(15-13-51)37-20-31-30(19-33(37)45)42(58)54(43(31)59)36-9-11-39(55)48-41(36)57/h6-8,10,18-20,24-28,36H,2-5,9,11-17,21-23H2,(H,47,56)(H,48,55,57)/t24?,25-,26+,27?,28?,36?. The molecule has 2 aromatic carbocycles. The number of halogens is 2.